The molecule has 4 saturated carbocycles. The molecular weight excluding hydrogens is 411 g/mol. The molecule has 1 aromatic carbocycles. The van der Waals surface area contributed by atoms with E-state index in [1.165, 1.54) is 63.1 Å². The molecule has 33 heavy (non-hydrogen) atoms. The quantitative estimate of drug-likeness (QED) is 0.471. The van der Waals surface area contributed by atoms with Gasteiger partial charge in [0.2, 0.25) is 5.91 Å². The van der Waals surface area contributed by atoms with Gasteiger partial charge < -0.3 is 0 Å². The second kappa shape index (κ2) is 7.65. The van der Waals surface area contributed by atoms with Crippen LogP contribution in [0, 0.1) is 46.2 Å². The fourth-order valence-corrected chi connectivity index (χ4v) is 9.43. The van der Waals surface area contributed by atoms with Gasteiger partial charge >= 0.3 is 0 Å². The van der Waals surface area contributed by atoms with Crippen LogP contribution in [0.1, 0.15) is 96.6 Å². The van der Waals surface area contributed by atoms with E-state index in [0.717, 1.165) is 29.7 Å². The lowest BCUT2D eigenvalue weighted by atomic mass is 9.45. The molecule has 3 nitrogen and oxygen atoms in total. The number of amides is 1. The fourth-order valence-electron chi connectivity index (χ4n) is 9.43. The number of fused-ring (bicyclic) bond motifs is 7. The minimum absolute atomic E-state index is 0.0511. The van der Waals surface area contributed by atoms with Crippen molar-refractivity contribution >= 4 is 11.6 Å². The molecule has 4 aliphatic carbocycles. The van der Waals surface area contributed by atoms with Crippen molar-refractivity contribution in [1.29, 1.82) is 0 Å². The number of carbonyl (C=O) groups excluding carboxylic acids is 1. The molecule has 0 radical (unpaired) electrons. The second-order valence-corrected chi connectivity index (χ2v) is 12.3. The van der Waals surface area contributed by atoms with Crippen LogP contribution < -0.4 is 0 Å². The maximum Gasteiger partial charge on any atom is 0.242 e. The van der Waals surface area contributed by atoms with E-state index in [9.17, 15) is 9.18 Å². The van der Waals surface area contributed by atoms with Gasteiger partial charge in [0.1, 0.15) is 5.82 Å². The first-order chi connectivity index (χ1) is 15.9. The van der Waals surface area contributed by atoms with Crippen LogP contribution in [0.2, 0.25) is 0 Å². The Hall–Kier alpha value is -1.71. The third-order valence-corrected chi connectivity index (χ3v) is 11.0. The lowest BCUT2D eigenvalue weighted by molar-refractivity contribution is -0.133. The molecule has 5 aliphatic rings. The number of hydrazone groups is 1. The second-order valence-electron chi connectivity index (χ2n) is 12.3. The third kappa shape index (κ3) is 3.04. The Balaban J connectivity index is 1.37. The summed E-state index contributed by atoms with van der Waals surface area (Å²) in [6.07, 6.45) is 12.5. The van der Waals surface area contributed by atoms with Gasteiger partial charge in [0.05, 0.1) is 11.8 Å². The highest BCUT2D eigenvalue weighted by molar-refractivity contribution is 5.98. The van der Waals surface area contributed by atoms with Crippen LogP contribution in [-0.2, 0) is 4.79 Å². The molecule has 0 aromatic heterocycles. The van der Waals surface area contributed by atoms with Crippen LogP contribution in [0.25, 0.3) is 0 Å². The van der Waals surface area contributed by atoms with E-state index in [4.69, 9.17) is 5.10 Å². The predicted molar refractivity (Wildman–Crippen MR) is 129 cm³/mol. The van der Waals surface area contributed by atoms with Crippen LogP contribution in [0.5, 0.6) is 0 Å². The first-order valence-corrected chi connectivity index (χ1v) is 13.5. The number of hydrogen-bond donors (Lipinski definition) is 0. The van der Waals surface area contributed by atoms with Gasteiger partial charge in [-0.2, -0.15) is 5.10 Å². The molecule has 0 bridgehead atoms. The van der Waals surface area contributed by atoms with Crippen molar-refractivity contribution in [2.75, 3.05) is 0 Å². The summed E-state index contributed by atoms with van der Waals surface area (Å²) in [7, 11) is 0. The summed E-state index contributed by atoms with van der Waals surface area (Å²) in [6, 6.07) is 6.74. The summed E-state index contributed by atoms with van der Waals surface area (Å²) in [4.78, 5) is 12.9. The standard InChI is InChI=1S/C29H39FN2O/c1-4-25(33)32-26(18-8-7-10-20(30)16-18)22-17-24-21-12-11-19-9-5-6-14-28(19,2)23(21)13-15-29(24,3)27(22)31-32/h7-8,10,16,19,21-24,26H,4-6,9,11-15,17H2,1-3H3/t19-,21+,22+,23-,24-,26-,28+,29+/m1/s1. The summed E-state index contributed by atoms with van der Waals surface area (Å²) in [6.45, 7) is 6.98. The van der Waals surface area contributed by atoms with E-state index >= 15 is 0 Å². The molecular formula is C29H39FN2O. The molecule has 8 atom stereocenters. The normalized spacial score (nSPS) is 43.9. The Labute approximate surface area is 198 Å². The van der Waals surface area contributed by atoms with E-state index in [-0.39, 0.29) is 29.1 Å². The SMILES string of the molecule is CCC(=O)N1N=C2[C@@H](C[C@@H]3[C@H]4CC[C@H]5CCCC[C@]5(C)[C@@H]4CC[C@]23C)[C@H]1c1cccc(F)c1. The van der Waals surface area contributed by atoms with E-state index in [2.05, 4.69) is 13.8 Å². The van der Waals surface area contributed by atoms with Crippen LogP contribution in [0.4, 0.5) is 4.39 Å². The summed E-state index contributed by atoms with van der Waals surface area (Å²) in [5.74, 6) is 3.25. The molecule has 0 saturated heterocycles. The van der Waals surface area contributed by atoms with Crippen molar-refractivity contribution in [2.45, 2.75) is 91.0 Å². The Kier molecular flexibility index (Phi) is 5.05. The fraction of sp³-hybridized carbons (Fsp3) is 0.724. The molecule has 178 valence electrons. The Morgan fingerprint density at radius 3 is 2.76 bits per heavy atom. The zero-order valence-electron chi connectivity index (χ0n) is 20.5. The first kappa shape index (κ1) is 21.8. The van der Waals surface area contributed by atoms with Gasteiger partial charge in [-0.1, -0.05) is 45.7 Å². The molecule has 1 aromatic rings. The number of nitrogens with zero attached hydrogens (tertiary/aromatic N) is 2. The number of benzene rings is 1. The van der Waals surface area contributed by atoms with Crippen molar-refractivity contribution in [3.63, 3.8) is 0 Å². The summed E-state index contributed by atoms with van der Waals surface area (Å²) in [5.41, 5.74) is 2.76. The summed E-state index contributed by atoms with van der Waals surface area (Å²) < 4.78 is 14.2. The lowest BCUT2D eigenvalue weighted by Crippen LogP contribution is -2.52. The van der Waals surface area contributed by atoms with Gasteiger partial charge in [-0.05, 0) is 91.7 Å². The van der Waals surface area contributed by atoms with Crippen molar-refractivity contribution in [1.82, 2.24) is 5.01 Å². The Bertz CT molecular complexity index is 990. The van der Waals surface area contributed by atoms with Crippen molar-refractivity contribution < 1.29 is 9.18 Å². The average molecular weight is 451 g/mol. The molecule has 0 spiro atoms. The maximum absolute atomic E-state index is 14.2. The lowest BCUT2D eigenvalue weighted by Gasteiger charge is -2.59. The highest BCUT2D eigenvalue weighted by atomic mass is 19.1. The van der Waals surface area contributed by atoms with Gasteiger partial charge in [-0.15, -0.1) is 0 Å². The Morgan fingerprint density at radius 1 is 1.12 bits per heavy atom. The molecule has 4 heteroatoms. The van der Waals surface area contributed by atoms with Crippen LogP contribution in [0.15, 0.2) is 29.4 Å². The molecule has 4 fully saturated rings. The average Bonchev–Trinajstić information content (AvgIpc) is 3.32. The predicted octanol–water partition coefficient (Wildman–Crippen LogP) is 7.13. The van der Waals surface area contributed by atoms with Crippen LogP contribution in [-0.4, -0.2) is 16.6 Å². The van der Waals surface area contributed by atoms with E-state index in [0.29, 0.717) is 17.8 Å². The van der Waals surface area contributed by atoms with Crippen LogP contribution >= 0.6 is 0 Å². The zero-order valence-corrected chi connectivity index (χ0v) is 20.5. The first-order valence-electron chi connectivity index (χ1n) is 13.5. The van der Waals surface area contributed by atoms with Gasteiger partial charge in [0, 0.05) is 17.8 Å². The maximum atomic E-state index is 14.2. The molecule has 1 aliphatic heterocycles. The van der Waals surface area contributed by atoms with Crippen molar-refractivity contribution in [2.24, 2.45) is 45.5 Å². The highest BCUT2D eigenvalue weighted by Gasteiger charge is 2.64. The minimum Gasteiger partial charge on any atom is -0.273 e. The molecule has 1 amide bonds. The van der Waals surface area contributed by atoms with E-state index < -0.39 is 0 Å². The summed E-state index contributed by atoms with van der Waals surface area (Å²) >= 11 is 0. The molecule has 0 N–H and O–H groups in total. The number of halogens is 1. The van der Waals surface area contributed by atoms with E-state index in [1.54, 1.807) is 17.1 Å². The molecule has 1 heterocycles. The number of hydrogen-bond acceptors (Lipinski definition) is 2. The van der Waals surface area contributed by atoms with Crippen molar-refractivity contribution in [3.05, 3.63) is 35.6 Å². The highest BCUT2D eigenvalue weighted by Crippen LogP contribution is 2.68. The summed E-state index contributed by atoms with van der Waals surface area (Å²) in [5, 5.41) is 6.80. The monoisotopic (exact) mass is 450 g/mol. The Morgan fingerprint density at radius 2 is 1.97 bits per heavy atom. The van der Waals surface area contributed by atoms with Crippen LogP contribution in [0.3, 0.4) is 0 Å². The number of carbonyl (C=O) groups is 1. The largest absolute Gasteiger partial charge is 0.273 e. The molecule has 0 unspecified atom stereocenters. The topological polar surface area (TPSA) is 32.7 Å². The van der Waals surface area contributed by atoms with Gasteiger partial charge in [0.25, 0.3) is 0 Å². The number of rotatable bonds is 2. The van der Waals surface area contributed by atoms with Gasteiger partial charge in [0.15, 0.2) is 0 Å². The molecule has 6 rings (SSSR count). The van der Waals surface area contributed by atoms with Gasteiger partial charge in [-0.25, -0.2) is 9.40 Å². The minimum atomic E-state index is -0.227. The smallest absolute Gasteiger partial charge is 0.242 e. The zero-order chi connectivity index (χ0) is 23.0. The van der Waals surface area contributed by atoms with Crippen molar-refractivity contribution in [3.8, 4) is 0 Å². The van der Waals surface area contributed by atoms with Gasteiger partial charge in [-0.3, -0.25) is 4.79 Å². The van der Waals surface area contributed by atoms with E-state index in [1.807, 2.05) is 13.0 Å². The third-order valence-electron chi connectivity index (χ3n) is 11.0.